The summed E-state index contributed by atoms with van der Waals surface area (Å²) in [6.07, 6.45) is 0.472. The van der Waals surface area contributed by atoms with E-state index in [2.05, 4.69) is 5.32 Å². The molecule has 0 spiro atoms. The number of halogens is 1. The molecule has 1 saturated heterocycles. The van der Waals surface area contributed by atoms with E-state index in [4.69, 9.17) is 5.26 Å². The van der Waals surface area contributed by atoms with Gasteiger partial charge in [-0.3, -0.25) is 9.59 Å². The van der Waals surface area contributed by atoms with Crippen molar-refractivity contribution >= 4 is 17.5 Å². The largest absolute Gasteiger partial charge is 0.340 e. The Morgan fingerprint density at radius 2 is 2.00 bits per heavy atom. The van der Waals surface area contributed by atoms with E-state index in [0.29, 0.717) is 29.8 Å². The van der Waals surface area contributed by atoms with Crippen LogP contribution < -0.4 is 10.2 Å². The third-order valence-electron chi connectivity index (χ3n) is 3.90. The highest BCUT2D eigenvalue weighted by Gasteiger charge is 2.33. The number of nitrogens with zero attached hydrogens (tertiary/aromatic N) is 2. The molecule has 1 aliphatic heterocycles. The third-order valence-corrected chi connectivity index (χ3v) is 3.90. The van der Waals surface area contributed by atoms with Crippen LogP contribution in [0.2, 0.25) is 0 Å². The zero-order chi connectivity index (χ0) is 17.1. The van der Waals surface area contributed by atoms with Gasteiger partial charge >= 0.3 is 0 Å². The number of anilines is 1. The van der Waals surface area contributed by atoms with E-state index in [1.54, 1.807) is 18.2 Å². The molecular weight excluding hydrogens is 309 g/mol. The molecule has 24 heavy (non-hydrogen) atoms. The fourth-order valence-electron chi connectivity index (χ4n) is 2.66. The molecule has 120 valence electrons. The van der Waals surface area contributed by atoms with E-state index >= 15 is 0 Å². The first kappa shape index (κ1) is 15.7. The number of carbonyl (C=O) groups excluding carboxylic acids is 2. The number of hydrogen-bond acceptors (Lipinski definition) is 3. The van der Waals surface area contributed by atoms with Crippen molar-refractivity contribution in [3.8, 4) is 6.07 Å². The molecule has 0 unspecified atom stereocenters. The predicted octanol–water partition coefficient (Wildman–Crippen LogP) is 2.23. The summed E-state index contributed by atoms with van der Waals surface area (Å²) in [5.74, 6) is -0.995. The zero-order valence-electron chi connectivity index (χ0n) is 12.7. The molecule has 0 saturated carbocycles. The van der Waals surface area contributed by atoms with Crippen LogP contribution in [0.4, 0.5) is 10.1 Å². The van der Waals surface area contributed by atoms with Crippen molar-refractivity contribution in [3.05, 3.63) is 65.5 Å². The minimum absolute atomic E-state index is 0.230. The lowest BCUT2D eigenvalue weighted by Gasteiger charge is -2.17. The van der Waals surface area contributed by atoms with Crippen LogP contribution in [0.5, 0.6) is 0 Å². The molecule has 1 N–H and O–H groups in total. The summed E-state index contributed by atoms with van der Waals surface area (Å²) in [6.45, 7) is 0.452. The summed E-state index contributed by atoms with van der Waals surface area (Å²) < 4.78 is 13.0. The van der Waals surface area contributed by atoms with Gasteiger partial charge in [-0.1, -0.05) is 6.07 Å². The maximum atomic E-state index is 13.0. The van der Waals surface area contributed by atoms with Crippen LogP contribution in [0.15, 0.2) is 48.5 Å². The predicted molar refractivity (Wildman–Crippen MR) is 85.8 cm³/mol. The van der Waals surface area contributed by atoms with Crippen LogP contribution in [-0.2, 0) is 4.79 Å². The summed E-state index contributed by atoms with van der Waals surface area (Å²) in [7, 11) is 0. The van der Waals surface area contributed by atoms with Gasteiger partial charge in [-0.05, 0) is 48.9 Å². The number of nitrogens with one attached hydrogen (secondary N) is 1. The Morgan fingerprint density at radius 1 is 1.25 bits per heavy atom. The number of carbonyl (C=O) groups is 2. The van der Waals surface area contributed by atoms with E-state index in [1.807, 2.05) is 6.07 Å². The number of amides is 2. The molecule has 3 rings (SSSR count). The second kappa shape index (κ2) is 6.50. The number of hydrogen-bond donors (Lipinski definition) is 1. The Morgan fingerprint density at radius 3 is 2.71 bits per heavy atom. The SMILES string of the molecule is N#Cc1cccc(C(=O)N[C@H]2CCN(c3ccc(F)cc3)C2=O)c1. The third kappa shape index (κ3) is 3.10. The molecule has 1 heterocycles. The normalized spacial score (nSPS) is 16.8. The first-order chi connectivity index (χ1) is 11.6. The van der Waals surface area contributed by atoms with Gasteiger partial charge in [0.1, 0.15) is 11.9 Å². The molecule has 0 radical (unpaired) electrons. The highest BCUT2D eigenvalue weighted by atomic mass is 19.1. The minimum Gasteiger partial charge on any atom is -0.340 e. The Labute approximate surface area is 138 Å². The molecule has 1 aliphatic rings. The highest BCUT2D eigenvalue weighted by Crippen LogP contribution is 2.22. The van der Waals surface area contributed by atoms with Gasteiger partial charge < -0.3 is 10.2 Å². The Bertz CT molecular complexity index is 827. The van der Waals surface area contributed by atoms with E-state index < -0.39 is 11.9 Å². The highest BCUT2D eigenvalue weighted by molar-refractivity contribution is 6.03. The second-order valence-corrected chi connectivity index (χ2v) is 5.47. The molecule has 2 aromatic rings. The van der Waals surface area contributed by atoms with Gasteiger partial charge in [0, 0.05) is 17.8 Å². The van der Waals surface area contributed by atoms with E-state index in [-0.39, 0.29) is 11.7 Å². The summed E-state index contributed by atoms with van der Waals surface area (Å²) in [6, 6.07) is 13.3. The number of rotatable bonds is 3. The Hall–Kier alpha value is -3.20. The van der Waals surface area contributed by atoms with Crippen molar-refractivity contribution in [1.29, 1.82) is 5.26 Å². The molecule has 2 aromatic carbocycles. The maximum absolute atomic E-state index is 13.0. The molecular formula is C18H14FN3O2. The quantitative estimate of drug-likeness (QED) is 0.941. The monoisotopic (exact) mass is 323 g/mol. The van der Waals surface area contributed by atoms with Crippen LogP contribution in [-0.4, -0.2) is 24.4 Å². The van der Waals surface area contributed by atoms with Crippen LogP contribution >= 0.6 is 0 Å². The molecule has 0 aromatic heterocycles. The number of benzene rings is 2. The Kier molecular flexibility index (Phi) is 4.25. The topological polar surface area (TPSA) is 73.2 Å². The molecule has 0 aliphatic carbocycles. The van der Waals surface area contributed by atoms with Gasteiger partial charge in [0.25, 0.3) is 5.91 Å². The van der Waals surface area contributed by atoms with Crippen LogP contribution in [0.1, 0.15) is 22.3 Å². The van der Waals surface area contributed by atoms with Crippen LogP contribution in [0.3, 0.4) is 0 Å². The van der Waals surface area contributed by atoms with E-state index in [9.17, 15) is 14.0 Å². The van der Waals surface area contributed by atoms with Crippen LogP contribution in [0.25, 0.3) is 0 Å². The lowest BCUT2D eigenvalue weighted by atomic mass is 10.1. The zero-order valence-corrected chi connectivity index (χ0v) is 12.7. The summed E-state index contributed by atoms with van der Waals surface area (Å²) in [5.41, 5.74) is 1.32. The summed E-state index contributed by atoms with van der Waals surface area (Å²) in [4.78, 5) is 26.2. The van der Waals surface area contributed by atoms with Crippen molar-refractivity contribution in [3.63, 3.8) is 0 Å². The molecule has 2 amide bonds. The molecule has 6 heteroatoms. The number of nitriles is 1. The van der Waals surface area contributed by atoms with Crippen molar-refractivity contribution in [2.75, 3.05) is 11.4 Å². The summed E-state index contributed by atoms with van der Waals surface area (Å²) in [5, 5.41) is 11.6. The maximum Gasteiger partial charge on any atom is 0.251 e. The average molecular weight is 323 g/mol. The van der Waals surface area contributed by atoms with Gasteiger partial charge in [-0.15, -0.1) is 0 Å². The van der Waals surface area contributed by atoms with Gasteiger partial charge in [0.2, 0.25) is 5.91 Å². The van der Waals surface area contributed by atoms with Crippen molar-refractivity contribution < 1.29 is 14.0 Å². The van der Waals surface area contributed by atoms with Crippen molar-refractivity contribution in [1.82, 2.24) is 5.32 Å². The lowest BCUT2D eigenvalue weighted by molar-refractivity contribution is -0.118. The first-order valence-electron chi connectivity index (χ1n) is 7.46. The van der Waals surface area contributed by atoms with Gasteiger partial charge in [-0.25, -0.2) is 4.39 Å². The minimum atomic E-state index is -0.631. The average Bonchev–Trinajstić information content (AvgIpc) is 2.96. The van der Waals surface area contributed by atoms with Gasteiger partial charge in [0.15, 0.2) is 0 Å². The van der Waals surface area contributed by atoms with E-state index in [0.717, 1.165) is 0 Å². The fraction of sp³-hybridized carbons (Fsp3) is 0.167. The standard InChI is InChI=1S/C18H14FN3O2/c19-14-4-6-15(7-5-14)22-9-8-16(18(22)24)21-17(23)13-3-1-2-12(10-13)11-20/h1-7,10,16H,8-9H2,(H,21,23)/t16-/m0/s1. The summed E-state index contributed by atoms with van der Waals surface area (Å²) >= 11 is 0. The smallest absolute Gasteiger partial charge is 0.251 e. The van der Waals surface area contributed by atoms with Gasteiger partial charge in [-0.2, -0.15) is 5.26 Å². The van der Waals surface area contributed by atoms with E-state index in [1.165, 1.54) is 35.2 Å². The van der Waals surface area contributed by atoms with Crippen molar-refractivity contribution in [2.45, 2.75) is 12.5 Å². The lowest BCUT2D eigenvalue weighted by Crippen LogP contribution is -2.41. The molecule has 0 bridgehead atoms. The molecule has 5 nitrogen and oxygen atoms in total. The molecule has 1 fully saturated rings. The first-order valence-corrected chi connectivity index (χ1v) is 7.46. The van der Waals surface area contributed by atoms with Crippen LogP contribution in [0, 0.1) is 17.1 Å². The Balaban J connectivity index is 1.70. The van der Waals surface area contributed by atoms with Crippen molar-refractivity contribution in [2.24, 2.45) is 0 Å². The van der Waals surface area contributed by atoms with Gasteiger partial charge in [0.05, 0.1) is 11.6 Å². The second-order valence-electron chi connectivity index (χ2n) is 5.47. The fourth-order valence-corrected chi connectivity index (χ4v) is 2.66. The molecule has 1 atom stereocenters.